The largest absolute Gasteiger partial charge is 3.00 e. The average molecular weight is 1360 g/mol. The van der Waals surface area contributed by atoms with Gasteiger partial charge in [-0.1, -0.05) is 262 Å². The van der Waals surface area contributed by atoms with Crippen molar-refractivity contribution in [1.82, 2.24) is 15.0 Å². The van der Waals surface area contributed by atoms with Crippen LogP contribution in [-0.2, 0) is 20.1 Å². The molecule has 0 saturated heterocycles. The molecule has 0 bridgehead atoms. The summed E-state index contributed by atoms with van der Waals surface area (Å²) < 4.78 is 13.7. The van der Waals surface area contributed by atoms with Gasteiger partial charge in [-0.15, -0.1) is 71.3 Å². The van der Waals surface area contributed by atoms with Gasteiger partial charge in [0.2, 0.25) is 0 Å². The summed E-state index contributed by atoms with van der Waals surface area (Å²) in [7, 11) is 0. The van der Waals surface area contributed by atoms with Crippen LogP contribution in [0.25, 0.3) is 178 Å². The van der Waals surface area contributed by atoms with Crippen molar-refractivity contribution in [3.05, 3.63) is 334 Å². The van der Waals surface area contributed by atoms with Crippen molar-refractivity contribution in [2.45, 2.75) is 0 Å². The van der Waals surface area contributed by atoms with Gasteiger partial charge < -0.3 is 23.8 Å². The number of fused-ring (bicyclic) bond motifs is 6. The molecule has 436 valence electrons. The van der Waals surface area contributed by atoms with E-state index in [0.29, 0.717) is 0 Å². The zero-order chi connectivity index (χ0) is 60.9. The molecule has 17 aromatic rings. The van der Waals surface area contributed by atoms with Gasteiger partial charge in [-0.3, -0.25) is 0 Å². The third-order valence-corrected chi connectivity index (χ3v) is 17.7. The third-order valence-electron chi connectivity index (χ3n) is 17.7. The molecule has 0 unspecified atom stereocenters. The summed E-state index contributed by atoms with van der Waals surface area (Å²) in [6.45, 7) is 0. The Bertz CT molecular complexity index is 5380. The summed E-state index contributed by atoms with van der Waals surface area (Å²) in [6.07, 6.45) is 5.51. The molecule has 0 aliphatic rings. The summed E-state index contributed by atoms with van der Waals surface area (Å²) in [6, 6.07) is 116. The molecule has 0 N–H and O–H groups in total. The van der Waals surface area contributed by atoms with Gasteiger partial charge >= 0.3 is 20.1 Å². The summed E-state index contributed by atoms with van der Waals surface area (Å²) in [5.41, 5.74) is 27.2. The van der Waals surface area contributed by atoms with Crippen molar-refractivity contribution in [3.63, 3.8) is 0 Å². The topological polar surface area (TPSA) is 65.0 Å². The van der Waals surface area contributed by atoms with Crippen LogP contribution in [0.15, 0.2) is 325 Å². The minimum atomic E-state index is 0. The van der Waals surface area contributed by atoms with Crippen LogP contribution in [0.4, 0.5) is 0 Å². The monoisotopic (exact) mass is 1360 g/mol. The van der Waals surface area contributed by atoms with Crippen molar-refractivity contribution in [3.8, 4) is 134 Å². The third kappa shape index (κ3) is 10.3. The van der Waals surface area contributed by atoms with E-state index in [1.54, 1.807) is 0 Å². The van der Waals surface area contributed by atoms with Crippen LogP contribution in [0.2, 0.25) is 0 Å². The van der Waals surface area contributed by atoms with E-state index in [1.165, 1.54) is 0 Å². The molecule has 0 atom stereocenters. The number of furan rings is 2. The second-order valence-corrected chi connectivity index (χ2v) is 23.0. The molecule has 0 spiro atoms. The molecule has 0 amide bonds. The standard InChI is InChI=1S/C87H52N3O2.Ir/c1-2-22-56(23-3-1)78-53-57(81-36-14-17-47-88-81)41-44-69(78)66-27-7-4-24-63(66)60-50-61(64-25-5-8-28-67(64)70-45-42-58(82-37-15-18-48-89-82)54-79(70)76-34-20-32-74-72-30-10-12-39-84(72)91-86(74)76)52-62(51-60)65-26-6-9-29-68(65)71-46-43-59(83-38-16-19-49-90-83)55-80(71)77-35-21-33-75-73-31-11-13-40-85(73)92-87(75)77;/h1-40,44-55H;/q-3;+3. The molecule has 0 aliphatic heterocycles. The van der Waals surface area contributed by atoms with Crippen LogP contribution in [0, 0.1) is 18.2 Å². The molecule has 0 fully saturated rings. The van der Waals surface area contributed by atoms with Crippen LogP contribution in [0.3, 0.4) is 0 Å². The molecular formula is C87H52IrN3O2. The molecule has 12 aromatic carbocycles. The number of para-hydroxylation sites is 4. The van der Waals surface area contributed by atoms with Crippen LogP contribution in [0.5, 0.6) is 0 Å². The van der Waals surface area contributed by atoms with E-state index in [1.807, 2.05) is 97.5 Å². The maximum absolute atomic E-state index is 6.84. The van der Waals surface area contributed by atoms with E-state index in [9.17, 15) is 0 Å². The Morgan fingerprint density at radius 3 is 0.946 bits per heavy atom. The molecule has 93 heavy (non-hydrogen) atoms. The Kier molecular flexibility index (Phi) is 14.8. The normalized spacial score (nSPS) is 11.4. The molecule has 0 aliphatic carbocycles. The molecule has 5 nitrogen and oxygen atoms in total. The van der Waals surface area contributed by atoms with Gasteiger partial charge in [-0.2, -0.15) is 0 Å². The van der Waals surface area contributed by atoms with Gasteiger partial charge in [0.05, 0.1) is 0 Å². The van der Waals surface area contributed by atoms with Crippen molar-refractivity contribution >= 4 is 43.9 Å². The Balaban J connectivity index is 0.00000686. The maximum Gasteiger partial charge on any atom is 3.00 e. The SMILES string of the molecule is [Ir+3].[c-]1cc(-c2ccccc2-c2cc(-c3ccccc3-c3c[c-]c(-c4ccccn4)cc3-c3cccc4c3oc3ccccc34)cc(-c3ccccc3-c3c[c-]c(-c4ccccn4)cc3-c3cccc4c3oc3ccccc34)c2)c(-c2ccccc2)cc1-c1ccccn1. The first-order valence-electron chi connectivity index (χ1n) is 30.9. The minimum Gasteiger partial charge on any atom is -0.455 e. The fourth-order valence-corrected chi connectivity index (χ4v) is 13.4. The zero-order valence-corrected chi connectivity index (χ0v) is 52.4. The van der Waals surface area contributed by atoms with Crippen molar-refractivity contribution in [2.24, 2.45) is 0 Å². The van der Waals surface area contributed by atoms with E-state index in [-0.39, 0.29) is 20.1 Å². The molecular weight excluding hydrogens is 1310 g/mol. The number of pyridine rings is 3. The molecule has 6 heteroatoms. The smallest absolute Gasteiger partial charge is 0.455 e. The van der Waals surface area contributed by atoms with E-state index < -0.39 is 0 Å². The van der Waals surface area contributed by atoms with Crippen LogP contribution >= 0.6 is 0 Å². The Morgan fingerprint density at radius 1 is 0.226 bits per heavy atom. The van der Waals surface area contributed by atoms with Gasteiger partial charge in [0, 0.05) is 51.3 Å². The second-order valence-electron chi connectivity index (χ2n) is 23.0. The molecule has 5 aromatic heterocycles. The number of aromatic nitrogens is 3. The van der Waals surface area contributed by atoms with Gasteiger partial charge in [-0.05, 0) is 105 Å². The van der Waals surface area contributed by atoms with Gasteiger partial charge in [0.1, 0.15) is 22.3 Å². The predicted molar refractivity (Wildman–Crippen MR) is 376 cm³/mol. The summed E-state index contributed by atoms with van der Waals surface area (Å²) in [5, 5.41) is 4.25. The average Bonchev–Trinajstić information content (AvgIpc) is 1.75. The second kappa shape index (κ2) is 24.3. The molecule has 0 saturated carbocycles. The van der Waals surface area contributed by atoms with Crippen LogP contribution in [-0.4, -0.2) is 15.0 Å². The van der Waals surface area contributed by atoms with Gasteiger partial charge in [0.15, 0.2) is 0 Å². The first kappa shape index (κ1) is 56.6. The summed E-state index contributed by atoms with van der Waals surface area (Å²) in [5.74, 6) is 0. The van der Waals surface area contributed by atoms with E-state index >= 15 is 0 Å². The number of rotatable bonds is 12. The van der Waals surface area contributed by atoms with Crippen molar-refractivity contribution in [2.75, 3.05) is 0 Å². The van der Waals surface area contributed by atoms with Crippen molar-refractivity contribution < 1.29 is 28.9 Å². The quantitative estimate of drug-likeness (QED) is 0.114. The van der Waals surface area contributed by atoms with Crippen LogP contribution in [0.1, 0.15) is 0 Å². The fourth-order valence-electron chi connectivity index (χ4n) is 13.4. The van der Waals surface area contributed by atoms with E-state index in [4.69, 9.17) is 23.8 Å². The number of nitrogens with zero attached hydrogens (tertiary/aromatic N) is 3. The number of hydrogen-bond acceptors (Lipinski definition) is 5. The molecule has 17 rings (SSSR count). The molecule has 0 radical (unpaired) electrons. The van der Waals surface area contributed by atoms with Crippen LogP contribution < -0.4 is 0 Å². The Labute approximate surface area is 552 Å². The predicted octanol–water partition coefficient (Wildman–Crippen LogP) is 23.1. The molecule has 5 heterocycles. The van der Waals surface area contributed by atoms with Crippen molar-refractivity contribution in [1.29, 1.82) is 0 Å². The summed E-state index contributed by atoms with van der Waals surface area (Å²) >= 11 is 0. The number of hydrogen-bond donors (Lipinski definition) is 0. The first-order valence-corrected chi connectivity index (χ1v) is 30.9. The maximum atomic E-state index is 6.84. The van der Waals surface area contributed by atoms with E-state index in [2.05, 4.69) is 237 Å². The number of benzene rings is 12. The summed E-state index contributed by atoms with van der Waals surface area (Å²) in [4.78, 5) is 14.4. The fraction of sp³-hybridized carbons (Fsp3) is 0. The minimum absolute atomic E-state index is 0. The van der Waals surface area contributed by atoms with E-state index in [0.717, 1.165) is 178 Å². The first-order chi connectivity index (χ1) is 45.6. The van der Waals surface area contributed by atoms with Gasteiger partial charge in [0.25, 0.3) is 0 Å². The zero-order valence-electron chi connectivity index (χ0n) is 50.0. The van der Waals surface area contributed by atoms with Gasteiger partial charge in [-0.25, -0.2) is 0 Å². The Morgan fingerprint density at radius 2 is 0.548 bits per heavy atom. The Hall–Kier alpha value is -11.7.